The Labute approximate surface area is 162 Å². The summed E-state index contributed by atoms with van der Waals surface area (Å²) in [5.74, 6) is -0.893. The number of epoxide rings is 1. The van der Waals surface area contributed by atoms with E-state index in [0.29, 0.717) is 36.5 Å². The largest absolute Gasteiger partial charge is 0.481 e. The van der Waals surface area contributed by atoms with E-state index in [9.17, 15) is 13.2 Å². The summed E-state index contributed by atoms with van der Waals surface area (Å²) in [7, 11) is -2.15. The monoisotopic (exact) mass is 410 g/mol. The van der Waals surface area contributed by atoms with Gasteiger partial charge in [0, 0.05) is 31.3 Å². The molecule has 0 bridgehead atoms. The maximum Gasteiger partial charge on any atom is 0.303 e. The van der Waals surface area contributed by atoms with Crippen LogP contribution in [0.25, 0.3) is 11.3 Å². The van der Waals surface area contributed by atoms with Crippen LogP contribution in [0.1, 0.15) is 12.1 Å². The standard InChI is InChI=1S/C18H19ClN2O5S/c1-21(10-13-11-26-13)27(24,25)14-6-7-15(16(19)9-14)17-4-2-3-12(20-17)5-8-18(22)23/h2-4,6-7,9,13H,5,8,10-11H2,1H3,(H,22,23)/t13-/m0/s1. The summed E-state index contributed by atoms with van der Waals surface area (Å²) in [6.07, 6.45) is 0.247. The van der Waals surface area contributed by atoms with Crippen LogP contribution in [0.2, 0.25) is 5.02 Å². The molecule has 3 rings (SSSR count). The Morgan fingerprint density at radius 3 is 2.74 bits per heavy atom. The lowest BCUT2D eigenvalue weighted by Crippen LogP contribution is -2.30. The van der Waals surface area contributed by atoms with Gasteiger partial charge < -0.3 is 9.84 Å². The van der Waals surface area contributed by atoms with E-state index in [2.05, 4.69) is 4.98 Å². The molecule has 9 heteroatoms. The molecule has 0 spiro atoms. The highest BCUT2D eigenvalue weighted by atomic mass is 35.5. The van der Waals surface area contributed by atoms with Gasteiger partial charge in [-0.15, -0.1) is 0 Å². The van der Waals surface area contributed by atoms with Crippen molar-refractivity contribution in [3.05, 3.63) is 47.1 Å². The fourth-order valence-corrected chi connectivity index (χ4v) is 4.18. The van der Waals surface area contributed by atoms with E-state index in [-0.39, 0.29) is 22.4 Å². The predicted molar refractivity (Wildman–Crippen MR) is 100 cm³/mol. The van der Waals surface area contributed by atoms with Crippen molar-refractivity contribution >= 4 is 27.6 Å². The number of hydrogen-bond donors (Lipinski definition) is 1. The highest BCUT2D eigenvalue weighted by Gasteiger charge is 2.30. The SMILES string of the molecule is CN(C[C@H]1CO1)S(=O)(=O)c1ccc(-c2cccc(CCC(=O)O)n2)c(Cl)c1. The lowest BCUT2D eigenvalue weighted by atomic mass is 10.1. The first-order valence-electron chi connectivity index (χ1n) is 8.33. The number of aryl methyl sites for hydroxylation is 1. The number of hydrogen-bond acceptors (Lipinski definition) is 5. The van der Waals surface area contributed by atoms with Crippen LogP contribution in [0.5, 0.6) is 0 Å². The van der Waals surface area contributed by atoms with Gasteiger partial charge in [0.05, 0.1) is 34.7 Å². The molecule has 27 heavy (non-hydrogen) atoms. The summed E-state index contributed by atoms with van der Waals surface area (Å²) in [5, 5.41) is 9.06. The molecule has 2 aromatic rings. The Balaban J connectivity index is 1.84. The van der Waals surface area contributed by atoms with Gasteiger partial charge in [-0.2, -0.15) is 4.31 Å². The first-order valence-corrected chi connectivity index (χ1v) is 10.1. The Morgan fingerprint density at radius 1 is 1.37 bits per heavy atom. The Kier molecular flexibility index (Phi) is 5.81. The second-order valence-electron chi connectivity index (χ2n) is 6.29. The number of sulfonamides is 1. The molecular weight excluding hydrogens is 392 g/mol. The van der Waals surface area contributed by atoms with Crippen molar-refractivity contribution < 1.29 is 23.1 Å². The molecule has 1 aromatic carbocycles. The molecule has 0 unspecified atom stereocenters. The van der Waals surface area contributed by atoms with Crippen molar-refractivity contribution in [3.8, 4) is 11.3 Å². The third kappa shape index (κ3) is 4.84. The van der Waals surface area contributed by atoms with E-state index in [0.717, 1.165) is 0 Å². The van der Waals surface area contributed by atoms with Crippen LogP contribution in [0.3, 0.4) is 0 Å². The molecule has 1 atom stereocenters. The summed E-state index contributed by atoms with van der Waals surface area (Å²) in [4.78, 5) is 15.2. The zero-order valence-corrected chi connectivity index (χ0v) is 16.2. The minimum atomic E-state index is -3.66. The quantitative estimate of drug-likeness (QED) is 0.671. The van der Waals surface area contributed by atoms with Crippen LogP contribution < -0.4 is 0 Å². The highest BCUT2D eigenvalue weighted by Crippen LogP contribution is 2.30. The van der Waals surface area contributed by atoms with E-state index in [1.165, 1.54) is 23.5 Å². The average Bonchev–Trinajstić information content (AvgIpc) is 3.44. The average molecular weight is 411 g/mol. The fourth-order valence-electron chi connectivity index (χ4n) is 2.61. The van der Waals surface area contributed by atoms with Crippen LogP contribution in [0, 0.1) is 0 Å². The van der Waals surface area contributed by atoms with E-state index >= 15 is 0 Å². The number of aromatic nitrogens is 1. The first-order chi connectivity index (χ1) is 12.8. The van der Waals surface area contributed by atoms with Crippen molar-refractivity contribution in [3.63, 3.8) is 0 Å². The van der Waals surface area contributed by atoms with Crippen molar-refractivity contribution in [1.82, 2.24) is 9.29 Å². The van der Waals surface area contributed by atoms with E-state index in [1.807, 2.05) is 0 Å². The molecule has 1 N–H and O–H groups in total. The van der Waals surface area contributed by atoms with Gasteiger partial charge in [0.15, 0.2) is 0 Å². The zero-order chi connectivity index (χ0) is 19.6. The molecule has 1 fully saturated rings. The van der Waals surface area contributed by atoms with E-state index in [1.54, 1.807) is 24.3 Å². The molecular formula is C18H19ClN2O5S. The van der Waals surface area contributed by atoms with Gasteiger partial charge in [-0.1, -0.05) is 17.7 Å². The molecule has 7 nitrogen and oxygen atoms in total. The smallest absolute Gasteiger partial charge is 0.303 e. The number of benzene rings is 1. The van der Waals surface area contributed by atoms with Crippen molar-refractivity contribution in [2.75, 3.05) is 20.2 Å². The van der Waals surface area contributed by atoms with Gasteiger partial charge in [0.1, 0.15) is 0 Å². The number of likely N-dealkylation sites (N-methyl/N-ethyl adjacent to an activating group) is 1. The number of carboxylic acids is 1. The minimum Gasteiger partial charge on any atom is -0.481 e. The summed E-state index contributed by atoms with van der Waals surface area (Å²) in [6.45, 7) is 0.873. The molecule has 1 aliphatic heterocycles. The third-order valence-corrected chi connectivity index (χ3v) is 6.32. The number of nitrogens with zero attached hydrogens (tertiary/aromatic N) is 2. The number of carboxylic acid groups (broad SMARTS) is 1. The summed E-state index contributed by atoms with van der Waals surface area (Å²) < 4.78 is 31.6. The number of pyridine rings is 1. The Morgan fingerprint density at radius 2 is 2.11 bits per heavy atom. The maximum absolute atomic E-state index is 12.6. The molecule has 0 saturated carbocycles. The van der Waals surface area contributed by atoms with E-state index in [4.69, 9.17) is 21.4 Å². The Hall–Kier alpha value is -2.00. The van der Waals surface area contributed by atoms with Crippen LogP contribution in [-0.4, -0.2) is 55.1 Å². The van der Waals surface area contributed by atoms with Gasteiger partial charge in [-0.3, -0.25) is 9.78 Å². The number of rotatable bonds is 8. The van der Waals surface area contributed by atoms with Crippen molar-refractivity contribution in [2.45, 2.75) is 23.8 Å². The van der Waals surface area contributed by atoms with Gasteiger partial charge in [0.25, 0.3) is 0 Å². The summed E-state index contributed by atoms with van der Waals surface area (Å²) >= 11 is 6.33. The lowest BCUT2D eigenvalue weighted by molar-refractivity contribution is -0.136. The van der Waals surface area contributed by atoms with Gasteiger partial charge in [-0.25, -0.2) is 8.42 Å². The predicted octanol–water partition coefficient (Wildman–Crippen LogP) is 2.44. The first kappa shape index (κ1) is 19.8. The van der Waals surface area contributed by atoms with E-state index < -0.39 is 16.0 Å². The molecule has 1 aromatic heterocycles. The second kappa shape index (κ2) is 7.93. The highest BCUT2D eigenvalue weighted by molar-refractivity contribution is 7.89. The number of halogens is 1. The molecule has 1 saturated heterocycles. The van der Waals surface area contributed by atoms with Gasteiger partial charge in [-0.05, 0) is 30.3 Å². The third-order valence-electron chi connectivity index (χ3n) is 4.19. The van der Waals surface area contributed by atoms with Gasteiger partial charge >= 0.3 is 5.97 Å². The molecule has 0 radical (unpaired) electrons. The second-order valence-corrected chi connectivity index (χ2v) is 8.74. The van der Waals surface area contributed by atoms with Gasteiger partial charge in [0.2, 0.25) is 10.0 Å². The molecule has 0 amide bonds. The fraction of sp³-hybridized carbons (Fsp3) is 0.333. The molecule has 0 aliphatic carbocycles. The Bertz CT molecular complexity index is 960. The lowest BCUT2D eigenvalue weighted by Gasteiger charge is -2.17. The van der Waals surface area contributed by atoms with Crippen molar-refractivity contribution in [2.24, 2.45) is 0 Å². The van der Waals surface area contributed by atoms with Crippen LogP contribution in [-0.2, 0) is 26.0 Å². The number of ether oxygens (including phenoxy) is 1. The topological polar surface area (TPSA) is 100 Å². The number of carbonyl (C=O) groups is 1. The zero-order valence-electron chi connectivity index (χ0n) is 14.6. The number of aliphatic carboxylic acids is 1. The normalized spacial score (nSPS) is 16.5. The van der Waals surface area contributed by atoms with Crippen LogP contribution >= 0.6 is 11.6 Å². The van der Waals surface area contributed by atoms with Crippen molar-refractivity contribution in [1.29, 1.82) is 0 Å². The van der Waals surface area contributed by atoms with Crippen LogP contribution in [0.15, 0.2) is 41.3 Å². The minimum absolute atomic E-state index is 0.0155. The molecule has 2 heterocycles. The summed E-state index contributed by atoms with van der Waals surface area (Å²) in [6, 6.07) is 9.77. The molecule has 144 valence electrons. The molecule has 1 aliphatic rings. The van der Waals surface area contributed by atoms with Crippen LogP contribution in [0.4, 0.5) is 0 Å². The summed E-state index contributed by atoms with van der Waals surface area (Å²) in [5.41, 5.74) is 1.78. The maximum atomic E-state index is 12.6.